The summed E-state index contributed by atoms with van der Waals surface area (Å²) in [4.78, 5) is 9.09. The van der Waals surface area contributed by atoms with Crippen LogP contribution in [0.4, 0.5) is 0 Å². The van der Waals surface area contributed by atoms with Gasteiger partial charge in [0.05, 0.1) is 12.7 Å². The topological polar surface area (TPSA) is 55.8 Å². The van der Waals surface area contributed by atoms with E-state index in [1.807, 2.05) is 0 Å². The Labute approximate surface area is 72.5 Å². The van der Waals surface area contributed by atoms with Gasteiger partial charge in [0.25, 0.3) is 0 Å². The van der Waals surface area contributed by atoms with Crippen molar-refractivity contribution in [2.45, 2.75) is 38.7 Å². The summed E-state index contributed by atoms with van der Waals surface area (Å²) in [6.45, 7) is 1.88. The third-order valence-corrected chi connectivity index (χ3v) is 3.03. The summed E-state index contributed by atoms with van der Waals surface area (Å²) >= 11 is 0. The normalized spacial score (nSPS) is 24.2. The number of phosphoric ester groups is 1. The van der Waals surface area contributed by atoms with E-state index >= 15 is 0 Å². The maximum Gasteiger partial charge on any atom is 0.472 e. The van der Waals surface area contributed by atoms with Gasteiger partial charge in [-0.3, -0.25) is 9.05 Å². The Morgan fingerprint density at radius 2 is 2.08 bits per heavy atom. The molecule has 0 bridgehead atoms. The average molecular weight is 194 g/mol. The van der Waals surface area contributed by atoms with Crippen molar-refractivity contribution in [2.75, 3.05) is 6.61 Å². The second-order valence-electron chi connectivity index (χ2n) is 2.90. The minimum atomic E-state index is -3.74. The average Bonchev–Trinajstić information content (AvgIpc) is 2.38. The minimum absolute atomic E-state index is 0.0765. The zero-order chi connectivity index (χ0) is 9.03. The van der Waals surface area contributed by atoms with Gasteiger partial charge >= 0.3 is 7.82 Å². The van der Waals surface area contributed by atoms with E-state index in [9.17, 15) is 4.57 Å². The van der Waals surface area contributed by atoms with Crippen LogP contribution in [0.15, 0.2) is 0 Å². The summed E-state index contributed by atoms with van der Waals surface area (Å²) < 4.78 is 20.6. The zero-order valence-corrected chi connectivity index (χ0v) is 8.13. The lowest BCUT2D eigenvalue weighted by Gasteiger charge is -2.15. The smallest absolute Gasteiger partial charge is 0.302 e. The molecule has 4 nitrogen and oxygen atoms in total. The second-order valence-corrected chi connectivity index (χ2v) is 4.30. The fourth-order valence-corrected chi connectivity index (χ4v) is 2.35. The third kappa shape index (κ3) is 3.23. The fraction of sp³-hybridized carbons (Fsp3) is 1.00. The van der Waals surface area contributed by atoms with Crippen LogP contribution in [-0.4, -0.2) is 17.6 Å². The van der Waals surface area contributed by atoms with Crippen LogP contribution in [-0.2, 0) is 13.6 Å². The highest BCUT2D eigenvalue weighted by atomic mass is 31.2. The van der Waals surface area contributed by atoms with Crippen molar-refractivity contribution in [2.24, 2.45) is 0 Å². The van der Waals surface area contributed by atoms with Crippen LogP contribution < -0.4 is 0 Å². The van der Waals surface area contributed by atoms with E-state index in [1.54, 1.807) is 6.92 Å². The quantitative estimate of drug-likeness (QED) is 0.696. The summed E-state index contributed by atoms with van der Waals surface area (Å²) in [7, 11) is -3.74. The van der Waals surface area contributed by atoms with E-state index in [4.69, 9.17) is 9.42 Å². The monoisotopic (exact) mass is 194 g/mol. The van der Waals surface area contributed by atoms with Crippen molar-refractivity contribution < 1.29 is 18.5 Å². The van der Waals surface area contributed by atoms with Gasteiger partial charge in [-0.2, -0.15) is 0 Å². The van der Waals surface area contributed by atoms with Gasteiger partial charge in [-0.1, -0.05) is 12.8 Å². The summed E-state index contributed by atoms with van der Waals surface area (Å²) in [5.74, 6) is 0. The van der Waals surface area contributed by atoms with Crippen molar-refractivity contribution in [3.05, 3.63) is 0 Å². The molecule has 1 fully saturated rings. The first kappa shape index (κ1) is 10.2. The Morgan fingerprint density at radius 3 is 2.58 bits per heavy atom. The molecule has 1 aliphatic rings. The van der Waals surface area contributed by atoms with E-state index in [2.05, 4.69) is 4.52 Å². The van der Waals surface area contributed by atoms with Gasteiger partial charge in [-0.25, -0.2) is 4.57 Å². The highest BCUT2D eigenvalue weighted by Gasteiger charge is 2.27. The molecule has 1 unspecified atom stereocenters. The molecule has 0 saturated heterocycles. The van der Waals surface area contributed by atoms with E-state index < -0.39 is 7.82 Å². The summed E-state index contributed by atoms with van der Waals surface area (Å²) in [5.41, 5.74) is 0. The Kier molecular flexibility index (Phi) is 3.72. The Hall–Kier alpha value is 0.110. The summed E-state index contributed by atoms with van der Waals surface area (Å²) in [6.07, 6.45) is 3.83. The molecule has 0 heterocycles. The first-order valence-corrected chi connectivity index (χ1v) is 5.79. The molecule has 1 atom stereocenters. The molecule has 0 spiro atoms. The van der Waals surface area contributed by atoms with Gasteiger partial charge in [0, 0.05) is 0 Å². The molecule has 0 aromatic heterocycles. The fourth-order valence-electron chi connectivity index (χ4n) is 1.38. The van der Waals surface area contributed by atoms with Crippen molar-refractivity contribution in [1.82, 2.24) is 0 Å². The number of hydrogen-bond donors (Lipinski definition) is 1. The maximum absolute atomic E-state index is 11.1. The second kappa shape index (κ2) is 4.38. The van der Waals surface area contributed by atoms with Gasteiger partial charge in [-0.05, 0) is 19.8 Å². The van der Waals surface area contributed by atoms with E-state index in [0.29, 0.717) is 0 Å². The van der Waals surface area contributed by atoms with Crippen LogP contribution in [0.25, 0.3) is 0 Å². The van der Waals surface area contributed by atoms with Gasteiger partial charge in [0.1, 0.15) is 0 Å². The molecule has 72 valence electrons. The van der Waals surface area contributed by atoms with Gasteiger partial charge in [-0.15, -0.1) is 0 Å². The molecule has 1 rings (SSSR count). The molecule has 0 aliphatic heterocycles. The van der Waals surface area contributed by atoms with Crippen molar-refractivity contribution in [3.63, 3.8) is 0 Å². The van der Waals surface area contributed by atoms with Crippen LogP contribution in [0, 0.1) is 0 Å². The molecule has 1 saturated carbocycles. The Balaban J connectivity index is 2.32. The van der Waals surface area contributed by atoms with Crippen molar-refractivity contribution in [3.8, 4) is 0 Å². The van der Waals surface area contributed by atoms with Crippen LogP contribution in [0.5, 0.6) is 0 Å². The zero-order valence-electron chi connectivity index (χ0n) is 7.23. The van der Waals surface area contributed by atoms with Gasteiger partial charge in [0.15, 0.2) is 0 Å². The van der Waals surface area contributed by atoms with E-state index in [0.717, 1.165) is 25.7 Å². The summed E-state index contributed by atoms with van der Waals surface area (Å²) in [5, 5.41) is 0. The maximum atomic E-state index is 11.1. The van der Waals surface area contributed by atoms with Gasteiger partial charge < -0.3 is 4.89 Å². The van der Waals surface area contributed by atoms with E-state index in [1.165, 1.54) is 0 Å². The van der Waals surface area contributed by atoms with E-state index in [-0.39, 0.29) is 12.7 Å². The standard InChI is InChI=1S/C7H15O4P/c1-2-10-12(8,9)11-7-5-3-4-6-7/h7H,2-6H2,1H3,(H,8,9). The molecule has 0 amide bonds. The lowest BCUT2D eigenvalue weighted by atomic mass is 10.3. The molecule has 0 radical (unpaired) electrons. The predicted octanol–water partition coefficient (Wildman–Crippen LogP) is 2.08. The molecule has 0 aromatic carbocycles. The molecule has 5 heteroatoms. The number of hydrogen-bond acceptors (Lipinski definition) is 3. The Bertz CT molecular complexity index is 176. The largest absolute Gasteiger partial charge is 0.472 e. The van der Waals surface area contributed by atoms with Crippen molar-refractivity contribution in [1.29, 1.82) is 0 Å². The first-order chi connectivity index (χ1) is 5.64. The minimum Gasteiger partial charge on any atom is -0.302 e. The van der Waals surface area contributed by atoms with Gasteiger partial charge in [0.2, 0.25) is 0 Å². The summed E-state index contributed by atoms with van der Waals surface area (Å²) in [6, 6.07) is 0. The Morgan fingerprint density at radius 1 is 1.50 bits per heavy atom. The predicted molar refractivity (Wildman–Crippen MR) is 44.8 cm³/mol. The van der Waals surface area contributed by atoms with Crippen LogP contribution in [0.3, 0.4) is 0 Å². The molecule has 12 heavy (non-hydrogen) atoms. The first-order valence-electron chi connectivity index (χ1n) is 4.30. The molecular formula is C7H15O4P. The molecule has 1 aliphatic carbocycles. The van der Waals surface area contributed by atoms with Crippen LogP contribution >= 0.6 is 7.82 Å². The lowest BCUT2D eigenvalue weighted by Crippen LogP contribution is -2.06. The highest BCUT2D eigenvalue weighted by Crippen LogP contribution is 2.46. The van der Waals surface area contributed by atoms with Crippen LogP contribution in [0.2, 0.25) is 0 Å². The SMILES string of the molecule is CCOP(=O)(O)OC1CCCC1. The number of phosphoric acid groups is 1. The molecular weight excluding hydrogens is 179 g/mol. The van der Waals surface area contributed by atoms with Crippen molar-refractivity contribution >= 4 is 7.82 Å². The molecule has 1 N–H and O–H groups in total. The third-order valence-electron chi connectivity index (χ3n) is 1.88. The highest BCUT2D eigenvalue weighted by molar-refractivity contribution is 7.47. The lowest BCUT2D eigenvalue weighted by molar-refractivity contribution is 0.111. The number of rotatable bonds is 4. The van der Waals surface area contributed by atoms with Crippen LogP contribution in [0.1, 0.15) is 32.6 Å². The molecule has 0 aromatic rings.